The Morgan fingerprint density at radius 3 is 2.88 bits per heavy atom. The zero-order chi connectivity index (χ0) is 12.8. The lowest BCUT2D eigenvalue weighted by molar-refractivity contribution is -0.121. The van der Waals surface area contributed by atoms with E-state index in [9.17, 15) is 9.18 Å². The summed E-state index contributed by atoms with van der Waals surface area (Å²) in [7, 11) is 0. The van der Waals surface area contributed by atoms with Crippen molar-refractivity contribution in [1.29, 1.82) is 0 Å². The number of amides is 1. The molecule has 3 nitrogen and oxygen atoms in total. The van der Waals surface area contributed by atoms with Gasteiger partial charge in [-0.15, -0.1) is 0 Å². The van der Waals surface area contributed by atoms with Crippen LogP contribution in [0.1, 0.15) is 18.9 Å². The minimum absolute atomic E-state index is 0.187. The molecule has 0 saturated carbocycles. The molecule has 1 aromatic rings. The Bertz CT molecular complexity index is 396. The van der Waals surface area contributed by atoms with Gasteiger partial charge in [0.25, 0.3) is 0 Å². The fourth-order valence-corrected chi connectivity index (χ4v) is 1.66. The third-order valence-electron chi connectivity index (χ3n) is 2.23. The van der Waals surface area contributed by atoms with Crippen LogP contribution in [0.3, 0.4) is 0 Å². The van der Waals surface area contributed by atoms with Gasteiger partial charge in [-0.1, -0.05) is 22.0 Å². The highest BCUT2D eigenvalue weighted by Gasteiger charge is 2.07. The van der Waals surface area contributed by atoms with Gasteiger partial charge in [0.1, 0.15) is 5.82 Å². The van der Waals surface area contributed by atoms with Gasteiger partial charge in [-0.3, -0.25) is 4.79 Å². The van der Waals surface area contributed by atoms with Crippen LogP contribution in [-0.2, 0) is 11.2 Å². The summed E-state index contributed by atoms with van der Waals surface area (Å²) in [4.78, 5) is 11.3. The van der Waals surface area contributed by atoms with E-state index < -0.39 is 6.10 Å². The Hall–Kier alpha value is -0.940. The van der Waals surface area contributed by atoms with E-state index in [1.54, 1.807) is 19.1 Å². The van der Waals surface area contributed by atoms with Crippen molar-refractivity contribution in [2.45, 2.75) is 25.9 Å². The van der Waals surface area contributed by atoms with Crippen LogP contribution in [0.4, 0.5) is 4.39 Å². The highest BCUT2D eigenvalue weighted by atomic mass is 79.9. The number of hydrogen-bond acceptors (Lipinski definition) is 2. The molecule has 0 bridgehead atoms. The summed E-state index contributed by atoms with van der Waals surface area (Å²) in [6.45, 7) is 1.82. The van der Waals surface area contributed by atoms with E-state index in [4.69, 9.17) is 5.11 Å². The SMILES string of the molecule is CC(O)CNC(=O)CCc1ccc(Br)cc1F. The molecule has 1 atom stereocenters. The van der Waals surface area contributed by atoms with Gasteiger partial charge < -0.3 is 10.4 Å². The highest BCUT2D eigenvalue weighted by molar-refractivity contribution is 9.10. The molecule has 0 aromatic heterocycles. The molecular weight excluding hydrogens is 289 g/mol. The fourth-order valence-electron chi connectivity index (χ4n) is 1.32. The van der Waals surface area contributed by atoms with Crippen LogP contribution in [-0.4, -0.2) is 23.7 Å². The molecule has 5 heteroatoms. The van der Waals surface area contributed by atoms with Gasteiger partial charge in [0.15, 0.2) is 0 Å². The lowest BCUT2D eigenvalue weighted by Crippen LogP contribution is -2.30. The largest absolute Gasteiger partial charge is 0.392 e. The number of hydrogen-bond donors (Lipinski definition) is 2. The van der Waals surface area contributed by atoms with E-state index in [0.29, 0.717) is 16.5 Å². The number of halogens is 2. The minimum Gasteiger partial charge on any atom is -0.392 e. The molecule has 0 aliphatic rings. The van der Waals surface area contributed by atoms with Crippen molar-refractivity contribution in [3.63, 3.8) is 0 Å². The number of aryl methyl sites for hydroxylation is 1. The first-order chi connectivity index (χ1) is 7.99. The van der Waals surface area contributed by atoms with Gasteiger partial charge >= 0.3 is 0 Å². The van der Waals surface area contributed by atoms with E-state index in [1.807, 2.05) is 0 Å². The first kappa shape index (κ1) is 14.1. The van der Waals surface area contributed by atoms with Gasteiger partial charge in [-0.2, -0.15) is 0 Å². The summed E-state index contributed by atoms with van der Waals surface area (Å²) in [6, 6.07) is 4.77. The molecule has 0 spiro atoms. The second kappa shape index (κ2) is 6.71. The van der Waals surface area contributed by atoms with E-state index in [-0.39, 0.29) is 24.7 Å². The number of aliphatic hydroxyl groups is 1. The third kappa shape index (κ3) is 5.28. The van der Waals surface area contributed by atoms with Gasteiger partial charge in [0.05, 0.1) is 6.10 Å². The average molecular weight is 304 g/mol. The maximum Gasteiger partial charge on any atom is 0.220 e. The smallest absolute Gasteiger partial charge is 0.220 e. The molecule has 1 unspecified atom stereocenters. The molecule has 1 rings (SSSR count). The van der Waals surface area contributed by atoms with Crippen molar-refractivity contribution in [2.24, 2.45) is 0 Å². The summed E-state index contributed by atoms with van der Waals surface area (Å²) in [6.07, 6.45) is -0.000823. The predicted octanol–water partition coefficient (Wildman–Crippen LogP) is 2.02. The Morgan fingerprint density at radius 1 is 1.59 bits per heavy atom. The summed E-state index contributed by atoms with van der Waals surface area (Å²) >= 11 is 3.17. The second-order valence-corrected chi connectivity index (χ2v) is 4.80. The first-order valence-corrected chi connectivity index (χ1v) is 6.17. The first-order valence-electron chi connectivity index (χ1n) is 5.37. The molecule has 1 aromatic carbocycles. The topological polar surface area (TPSA) is 49.3 Å². The Labute approximate surface area is 108 Å². The van der Waals surface area contributed by atoms with E-state index >= 15 is 0 Å². The van der Waals surface area contributed by atoms with Crippen LogP contribution in [0.5, 0.6) is 0 Å². The van der Waals surface area contributed by atoms with Gasteiger partial charge in [-0.05, 0) is 31.0 Å². The Kier molecular flexibility index (Phi) is 5.58. The monoisotopic (exact) mass is 303 g/mol. The van der Waals surface area contributed by atoms with E-state index in [1.165, 1.54) is 6.07 Å². The van der Waals surface area contributed by atoms with Crippen LogP contribution < -0.4 is 5.32 Å². The summed E-state index contributed by atoms with van der Waals surface area (Å²) in [5.41, 5.74) is 0.514. The zero-order valence-corrected chi connectivity index (χ0v) is 11.1. The van der Waals surface area contributed by atoms with Crippen LogP contribution in [0.15, 0.2) is 22.7 Å². The molecule has 17 heavy (non-hydrogen) atoms. The molecule has 1 amide bonds. The van der Waals surface area contributed by atoms with Crippen LogP contribution in [0, 0.1) is 5.82 Å². The molecular formula is C12H15BrFNO2. The van der Waals surface area contributed by atoms with Gasteiger partial charge in [-0.25, -0.2) is 4.39 Å². The Balaban J connectivity index is 2.42. The second-order valence-electron chi connectivity index (χ2n) is 3.89. The van der Waals surface area contributed by atoms with Crippen molar-refractivity contribution in [3.8, 4) is 0 Å². The van der Waals surface area contributed by atoms with Crippen LogP contribution in [0.25, 0.3) is 0 Å². The minimum atomic E-state index is -0.566. The number of carbonyl (C=O) groups excluding carboxylic acids is 1. The van der Waals surface area contributed by atoms with Crippen molar-refractivity contribution in [1.82, 2.24) is 5.32 Å². The van der Waals surface area contributed by atoms with Crippen molar-refractivity contribution in [3.05, 3.63) is 34.1 Å². The number of rotatable bonds is 5. The molecule has 0 radical (unpaired) electrons. The molecule has 0 saturated heterocycles. The van der Waals surface area contributed by atoms with Gasteiger partial charge in [0, 0.05) is 17.4 Å². The summed E-state index contributed by atoms with van der Waals surface area (Å²) < 4.78 is 14.1. The molecule has 0 aliphatic carbocycles. The van der Waals surface area contributed by atoms with Crippen LogP contribution in [0.2, 0.25) is 0 Å². The molecule has 2 N–H and O–H groups in total. The lowest BCUT2D eigenvalue weighted by Gasteiger charge is -2.07. The summed E-state index contributed by atoms with van der Waals surface area (Å²) in [5, 5.41) is 11.5. The van der Waals surface area contributed by atoms with E-state index in [2.05, 4.69) is 21.2 Å². The van der Waals surface area contributed by atoms with Crippen molar-refractivity contribution >= 4 is 21.8 Å². The molecule has 0 aliphatic heterocycles. The molecule has 0 heterocycles. The Morgan fingerprint density at radius 2 is 2.29 bits per heavy atom. The van der Waals surface area contributed by atoms with Crippen molar-refractivity contribution < 1.29 is 14.3 Å². The number of aliphatic hydroxyl groups excluding tert-OH is 1. The number of benzene rings is 1. The number of nitrogens with one attached hydrogen (secondary N) is 1. The van der Waals surface area contributed by atoms with Gasteiger partial charge in [0.2, 0.25) is 5.91 Å². The normalized spacial score (nSPS) is 12.2. The highest BCUT2D eigenvalue weighted by Crippen LogP contribution is 2.16. The fraction of sp³-hybridized carbons (Fsp3) is 0.417. The van der Waals surface area contributed by atoms with Crippen LogP contribution >= 0.6 is 15.9 Å². The standard InChI is InChI=1S/C12H15BrFNO2/c1-8(16)7-15-12(17)5-3-9-2-4-10(13)6-11(9)14/h2,4,6,8,16H,3,5,7H2,1H3,(H,15,17). The summed E-state index contributed by atoms with van der Waals surface area (Å²) in [5.74, 6) is -0.504. The predicted molar refractivity (Wildman–Crippen MR) is 67.1 cm³/mol. The zero-order valence-electron chi connectivity index (χ0n) is 9.54. The maximum absolute atomic E-state index is 13.4. The number of carbonyl (C=O) groups is 1. The molecule has 0 fully saturated rings. The quantitative estimate of drug-likeness (QED) is 0.874. The molecule has 94 valence electrons. The average Bonchev–Trinajstić information content (AvgIpc) is 2.25. The van der Waals surface area contributed by atoms with E-state index in [0.717, 1.165) is 0 Å². The lowest BCUT2D eigenvalue weighted by atomic mass is 10.1. The van der Waals surface area contributed by atoms with Crippen molar-refractivity contribution in [2.75, 3.05) is 6.54 Å². The third-order valence-corrected chi connectivity index (χ3v) is 2.72. The maximum atomic E-state index is 13.4.